The van der Waals surface area contributed by atoms with E-state index in [2.05, 4.69) is 54.1 Å². The fourth-order valence-electron chi connectivity index (χ4n) is 4.14. The molecule has 1 N–H and O–H groups in total. The van der Waals surface area contributed by atoms with Crippen LogP contribution in [0.4, 0.5) is 5.69 Å². The maximum absolute atomic E-state index is 12.5. The van der Waals surface area contributed by atoms with Crippen molar-refractivity contribution in [1.29, 1.82) is 0 Å². The third-order valence-corrected chi connectivity index (χ3v) is 6.11. The molecule has 0 amide bonds. The summed E-state index contributed by atoms with van der Waals surface area (Å²) >= 11 is 1.75. The van der Waals surface area contributed by atoms with Gasteiger partial charge in [0.1, 0.15) is 0 Å². The SMILES string of the molecule is CCOC(=O)c1cccc2c1N[C@@H](c1ccc(SC)cc1)[C@H]1CC=C[C@@H]21. The highest BCUT2D eigenvalue weighted by Crippen LogP contribution is 2.50. The van der Waals surface area contributed by atoms with E-state index in [1.54, 1.807) is 11.8 Å². The second-order valence-electron chi connectivity index (χ2n) is 6.74. The number of hydrogen-bond donors (Lipinski definition) is 1. The van der Waals surface area contributed by atoms with Crippen LogP contribution >= 0.6 is 11.8 Å². The van der Waals surface area contributed by atoms with Crippen LogP contribution < -0.4 is 5.32 Å². The summed E-state index contributed by atoms with van der Waals surface area (Å²) in [6.45, 7) is 2.22. The standard InChI is InChI=1S/C22H23NO2S/c1-3-25-22(24)19-9-5-8-18-16-6-4-7-17(16)20(23-21(18)19)14-10-12-15(26-2)13-11-14/h4-6,8-13,16-17,20,23H,3,7H2,1-2H3/t16-,17+,20+/m1/s1. The van der Waals surface area contributed by atoms with Crippen molar-refractivity contribution in [3.8, 4) is 0 Å². The molecule has 3 atom stereocenters. The van der Waals surface area contributed by atoms with E-state index in [0.29, 0.717) is 24.0 Å². The Balaban J connectivity index is 1.76. The smallest absolute Gasteiger partial charge is 0.340 e. The van der Waals surface area contributed by atoms with Crippen LogP contribution in [-0.2, 0) is 4.74 Å². The first-order valence-corrected chi connectivity index (χ1v) is 10.3. The van der Waals surface area contributed by atoms with Crippen LogP contribution in [0.2, 0.25) is 0 Å². The van der Waals surface area contributed by atoms with Crippen LogP contribution in [0.3, 0.4) is 0 Å². The highest BCUT2D eigenvalue weighted by Gasteiger charge is 2.39. The molecule has 0 radical (unpaired) electrons. The lowest BCUT2D eigenvalue weighted by atomic mass is 9.76. The van der Waals surface area contributed by atoms with Gasteiger partial charge in [-0.15, -0.1) is 11.8 Å². The van der Waals surface area contributed by atoms with E-state index in [-0.39, 0.29) is 12.0 Å². The average molecular weight is 365 g/mol. The van der Waals surface area contributed by atoms with Gasteiger partial charge >= 0.3 is 5.97 Å². The Morgan fingerprint density at radius 3 is 2.77 bits per heavy atom. The van der Waals surface area contributed by atoms with Gasteiger partial charge in [-0.2, -0.15) is 0 Å². The molecule has 2 aromatic carbocycles. The van der Waals surface area contributed by atoms with Crippen molar-refractivity contribution in [2.75, 3.05) is 18.2 Å². The fraction of sp³-hybridized carbons (Fsp3) is 0.318. The van der Waals surface area contributed by atoms with Crippen LogP contribution in [0.5, 0.6) is 0 Å². The highest BCUT2D eigenvalue weighted by molar-refractivity contribution is 7.98. The first-order valence-electron chi connectivity index (χ1n) is 9.10. The number of carbonyl (C=O) groups excluding carboxylic acids is 1. The fourth-order valence-corrected chi connectivity index (χ4v) is 4.55. The summed E-state index contributed by atoms with van der Waals surface area (Å²) in [5, 5.41) is 3.68. The van der Waals surface area contributed by atoms with Crippen LogP contribution in [0.15, 0.2) is 59.5 Å². The van der Waals surface area contributed by atoms with Crippen molar-refractivity contribution in [3.63, 3.8) is 0 Å². The Bertz CT molecular complexity index is 844. The lowest BCUT2D eigenvalue weighted by Crippen LogP contribution is -2.30. The van der Waals surface area contributed by atoms with Crippen molar-refractivity contribution in [3.05, 3.63) is 71.3 Å². The Morgan fingerprint density at radius 2 is 2.04 bits per heavy atom. The lowest BCUT2D eigenvalue weighted by molar-refractivity contribution is 0.0527. The predicted octanol–water partition coefficient (Wildman–Crippen LogP) is 5.41. The van der Waals surface area contributed by atoms with E-state index in [1.165, 1.54) is 16.0 Å². The van der Waals surface area contributed by atoms with Crippen molar-refractivity contribution < 1.29 is 9.53 Å². The van der Waals surface area contributed by atoms with E-state index in [4.69, 9.17) is 4.74 Å². The van der Waals surface area contributed by atoms with Crippen LogP contribution in [0.1, 0.15) is 46.8 Å². The number of ether oxygens (including phenoxy) is 1. The van der Waals surface area contributed by atoms with Crippen molar-refractivity contribution in [1.82, 2.24) is 0 Å². The number of para-hydroxylation sites is 1. The molecule has 4 rings (SSSR count). The zero-order chi connectivity index (χ0) is 18.1. The number of hydrogen-bond acceptors (Lipinski definition) is 4. The third kappa shape index (κ3) is 2.92. The number of rotatable bonds is 4. The maximum Gasteiger partial charge on any atom is 0.340 e. The minimum atomic E-state index is -0.256. The van der Waals surface area contributed by atoms with Crippen LogP contribution in [-0.4, -0.2) is 18.8 Å². The molecule has 0 saturated heterocycles. The lowest BCUT2D eigenvalue weighted by Gasteiger charge is -2.38. The minimum absolute atomic E-state index is 0.189. The topological polar surface area (TPSA) is 38.3 Å². The summed E-state index contributed by atoms with van der Waals surface area (Å²) in [7, 11) is 0. The van der Waals surface area contributed by atoms with Gasteiger partial charge in [-0.05, 0) is 54.8 Å². The number of fused-ring (bicyclic) bond motifs is 3. The zero-order valence-electron chi connectivity index (χ0n) is 15.1. The molecule has 0 aromatic heterocycles. The van der Waals surface area contributed by atoms with Gasteiger partial charge in [0.2, 0.25) is 0 Å². The zero-order valence-corrected chi connectivity index (χ0v) is 15.9. The first-order chi connectivity index (χ1) is 12.7. The van der Waals surface area contributed by atoms with E-state index >= 15 is 0 Å². The summed E-state index contributed by atoms with van der Waals surface area (Å²) in [5.41, 5.74) is 4.03. The van der Waals surface area contributed by atoms with Gasteiger partial charge in [0.25, 0.3) is 0 Å². The number of anilines is 1. The number of thioether (sulfide) groups is 1. The monoisotopic (exact) mass is 365 g/mol. The molecular formula is C22H23NO2S. The highest BCUT2D eigenvalue weighted by atomic mass is 32.2. The third-order valence-electron chi connectivity index (χ3n) is 5.37. The largest absolute Gasteiger partial charge is 0.462 e. The van der Waals surface area contributed by atoms with E-state index in [9.17, 15) is 4.79 Å². The number of esters is 1. The molecule has 2 aliphatic rings. The van der Waals surface area contributed by atoms with E-state index < -0.39 is 0 Å². The maximum atomic E-state index is 12.5. The van der Waals surface area contributed by atoms with Gasteiger partial charge in [-0.1, -0.05) is 36.4 Å². The molecule has 1 aliphatic heterocycles. The van der Waals surface area contributed by atoms with Gasteiger partial charge in [0.15, 0.2) is 0 Å². The molecule has 0 spiro atoms. The molecule has 0 saturated carbocycles. The van der Waals surface area contributed by atoms with Crippen LogP contribution in [0, 0.1) is 5.92 Å². The molecule has 0 fully saturated rings. The van der Waals surface area contributed by atoms with Gasteiger partial charge in [0.05, 0.1) is 23.9 Å². The quantitative estimate of drug-likeness (QED) is 0.446. The number of nitrogens with one attached hydrogen (secondary N) is 1. The molecule has 1 aliphatic carbocycles. The van der Waals surface area contributed by atoms with Crippen molar-refractivity contribution >= 4 is 23.4 Å². The minimum Gasteiger partial charge on any atom is -0.462 e. The normalized spacial score (nSPS) is 23.1. The second-order valence-corrected chi connectivity index (χ2v) is 7.62. The summed E-state index contributed by atoms with van der Waals surface area (Å²) in [4.78, 5) is 13.7. The summed E-state index contributed by atoms with van der Waals surface area (Å²) in [6.07, 6.45) is 7.71. The molecule has 26 heavy (non-hydrogen) atoms. The van der Waals surface area contributed by atoms with Gasteiger partial charge in [0, 0.05) is 10.8 Å². The van der Waals surface area contributed by atoms with Gasteiger partial charge in [-0.3, -0.25) is 0 Å². The second kappa shape index (κ2) is 7.20. The molecule has 4 heteroatoms. The molecule has 3 nitrogen and oxygen atoms in total. The van der Waals surface area contributed by atoms with Crippen molar-refractivity contribution in [2.45, 2.75) is 30.2 Å². The van der Waals surface area contributed by atoms with Gasteiger partial charge in [-0.25, -0.2) is 4.79 Å². The molecular weight excluding hydrogens is 342 g/mol. The first kappa shape index (κ1) is 17.2. The molecule has 134 valence electrons. The summed E-state index contributed by atoms with van der Waals surface area (Å²) in [5.74, 6) is 0.555. The summed E-state index contributed by atoms with van der Waals surface area (Å²) in [6, 6.07) is 14.9. The number of carbonyl (C=O) groups is 1. The Morgan fingerprint density at radius 1 is 1.23 bits per heavy atom. The Labute approximate surface area is 158 Å². The Hall–Kier alpha value is -2.20. The van der Waals surface area contributed by atoms with E-state index in [1.807, 2.05) is 19.1 Å². The van der Waals surface area contributed by atoms with E-state index in [0.717, 1.165) is 12.1 Å². The molecule has 1 heterocycles. The van der Waals surface area contributed by atoms with Gasteiger partial charge < -0.3 is 10.1 Å². The predicted molar refractivity (Wildman–Crippen MR) is 107 cm³/mol. The summed E-state index contributed by atoms with van der Waals surface area (Å²) < 4.78 is 5.28. The molecule has 2 aromatic rings. The van der Waals surface area contributed by atoms with Crippen LogP contribution in [0.25, 0.3) is 0 Å². The Kier molecular flexibility index (Phi) is 4.77. The number of benzene rings is 2. The molecule has 0 bridgehead atoms. The molecule has 0 unspecified atom stereocenters. The average Bonchev–Trinajstić information content (AvgIpc) is 3.17. The van der Waals surface area contributed by atoms with Crippen molar-refractivity contribution in [2.24, 2.45) is 5.92 Å². The number of allylic oxidation sites excluding steroid dienone is 2.